The van der Waals surface area contributed by atoms with E-state index < -0.39 is 11.8 Å². The lowest BCUT2D eigenvalue weighted by molar-refractivity contribution is 0.0693. The number of carboxylic acid groups (broad SMARTS) is 1. The first-order valence-electron chi connectivity index (χ1n) is 10.9. The van der Waals surface area contributed by atoms with Crippen LogP contribution in [0.25, 0.3) is 0 Å². The van der Waals surface area contributed by atoms with Crippen molar-refractivity contribution < 1.29 is 23.8 Å². The maximum atomic E-state index is 15.0. The normalized spacial score (nSPS) is 14.6. The van der Waals surface area contributed by atoms with E-state index in [1.54, 1.807) is 30.3 Å². The fourth-order valence-corrected chi connectivity index (χ4v) is 4.07. The molecule has 3 N–H and O–H groups in total. The smallest absolute Gasteiger partial charge is 0.339 e. The number of aliphatic imine (C=N–C) groups is 3. The van der Waals surface area contributed by atoms with E-state index in [1.165, 1.54) is 38.5 Å². The summed E-state index contributed by atoms with van der Waals surface area (Å²) in [6.45, 7) is 4.20. The average molecular weight is 521 g/mol. The van der Waals surface area contributed by atoms with Crippen molar-refractivity contribution in [3.05, 3.63) is 99.8 Å². The van der Waals surface area contributed by atoms with Crippen molar-refractivity contribution in [3.63, 3.8) is 0 Å². The second-order valence-corrected chi connectivity index (χ2v) is 8.33. The minimum absolute atomic E-state index is 0.0115. The zero-order valence-electron chi connectivity index (χ0n) is 20.0. The highest BCUT2D eigenvalue weighted by atomic mass is 35.5. The molecule has 0 bridgehead atoms. The first kappa shape index (κ1) is 25.6. The number of benzene rings is 3. The Labute approximate surface area is 217 Å². The Morgan fingerprint density at radius 2 is 1.86 bits per heavy atom. The van der Waals surface area contributed by atoms with E-state index in [9.17, 15) is 9.90 Å². The molecule has 0 aromatic heterocycles. The van der Waals surface area contributed by atoms with Crippen molar-refractivity contribution in [2.75, 3.05) is 20.8 Å². The third kappa shape index (κ3) is 5.22. The van der Waals surface area contributed by atoms with Crippen molar-refractivity contribution in [1.29, 1.82) is 0 Å². The maximum Gasteiger partial charge on any atom is 0.339 e. The molecule has 0 atom stereocenters. The van der Waals surface area contributed by atoms with Gasteiger partial charge < -0.3 is 20.3 Å². The molecule has 37 heavy (non-hydrogen) atoms. The summed E-state index contributed by atoms with van der Waals surface area (Å²) in [5, 5.41) is 9.70. The number of rotatable bonds is 5. The second kappa shape index (κ2) is 10.6. The largest absolute Gasteiger partial charge is 0.496 e. The Balaban J connectivity index is 1.84. The third-order valence-corrected chi connectivity index (χ3v) is 5.81. The predicted molar refractivity (Wildman–Crippen MR) is 142 cm³/mol. The van der Waals surface area contributed by atoms with Gasteiger partial charge in [0.1, 0.15) is 22.9 Å². The van der Waals surface area contributed by atoms with Gasteiger partial charge in [-0.3, -0.25) is 4.99 Å². The minimum atomic E-state index is -1.13. The number of carboxylic acids is 1. The number of guanidine groups is 1. The molecule has 0 spiro atoms. The van der Waals surface area contributed by atoms with E-state index in [4.69, 9.17) is 26.8 Å². The number of nitrogens with two attached hydrogens (primary N) is 1. The number of hydrogen-bond acceptors (Lipinski definition) is 5. The standard InChI is InChI=1S/C27H22ClFN4O4/c1-14-13-31-25(23-20(29)5-4-6-21(23)36-2)19-11-15(28)7-9-17(19)24(14)33-27(30)32-16-8-10-18(26(34)35)22(12-16)37-3/h4-12H,1,13H2,2-3H3,(H2,30,32)(H,34,35). The summed E-state index contributed by atoms with van der Waals surface area (Å²) in [6.07, 6.45) is 0. The highest BCUT2D eigenvalue weighted by molar-refractivity contribution is 6.33. The molecule has 188 valence electrons. The highest BCUT2D eigenvalue weighted by Gasteiger charge is 2.26. The van der Waals surface area contributed by atoms with Gasteiger partial charge in [0, 0.05) is 22.2 Å². The second-order valence-electron chi connectivity index (χ2n) is 7.90. The summed E-state index contributed by atoms with van der Waals surface area (Å²) >= 11 is 6.31. The van der Waals surface area contributed by atoms with Gasteiger partial charge in [0.2, 0.25) is 5.96 Å². The SMILES string of the molecule is C=C1CN=C(c2c(F)cccc2OC)c2cc(Cl)ccc2C1=NC(N)=Nc1ccc(C(=O)O)c(OC)c1. The van der Waals surface area contributed by atoms with Gasteiger partial charge in [0.25, 0.3) is 0 Å². The molecule has 1 aliphatic heterocycles. The number of fused-ring (bicyclic) bond motifs is 1. The van der Waals surface area contributed by atoms with E-state index >= 15 is 4.39 Å². The maximum absolute atomic E-state index is 15.0. The van der Waals surface area contributed by atoms with Gasteiger partial charge >= 0.3 is 5.97 Å². The zero-order chi connectivity index (χ0) is 26.7. The van der Waals surface area contributed by atoms with Crippen LogP contribution in [0.1, 0.15) is 27.0 Å². The quantitative estimate of drug-likeness (QED) is 0.361. The lowest BCUT2D eigenvalue weighted by atomic mass is 9.93. The fraction of sp³-hybridized carbons (Fsp3) is 0.111. The van der Waals surface area contributed by atoms with Crippen LogP contribution in [0.2, 0.25) is 5.02 Å². The average Bonchev–Trinajstić information content (AvgIpc) is 2.99. The van der Waals surface area contributed by atoms with Gasteiger partial charge in [0.05, 0.1) is 43.4 Å². The molecule has 3 aromatic rings. The summed E-state index contributed by atoms with van der Waals surface area (Å²) in [5.74, 6) is -1.31. The van der Waals surface area contributed by atoms with E-state index in [0.29, 0.717) is 44.6 Å². The highest BCUT2D eigenvalue weighted by Crippen LogP contribution is 2.31. The molecule has 1 aliphatic rings. The summed E-state index contributed by atoms with van der Waals surface area (Å²) in [5.41, 5.74) is 9.03. The topological polar surface area (TPSA) is 119 Å². The van der Waals surface area contributed by atoms with Crippen molar-refractivity contribution in [3.8, 4) is 11.5 Å². The zero-order valence-corrected chi connectivity index (χ0v) is 20.7. The third-order valence-electron chi connectivity index (χ3n) is 5.57. The number of halogens is 2. The number of ether oxygens (including phenoxy) is 2. The molecular formula is C27H22ClFN4O4. The number of aromatic carboxylic acids is 1. The molecule has 4 rings (SSSR count). The van der Waals surface area contributed by atoms with Crippen molar-refractivity contribution in [1.82, 2.24) is 0 Å². The number of methoxy groups -OCH3 is 2. The Hall–Kier alpha value is -4.50. The lowest BCUT2D eigenvalue weighted by Gasteiger charge is -2.15. The molecule has 0 aliphatic carbocycles. The summed E-state index contributed by atoms with van der Waals surface area (Å²) in [4.78, 5) is 24.8. The molecule has 8 nitrogen and oxygen atoms in total. The van der Waals surface area contributed by atoms with Gasteiger partial charge in [-0.2, -0.15) is 0 Å². The van der Waals surface area contributed by atoms with Gasteiger partial charge in [-0.15, -0.1) is 0 Å². The molecular weight excluding hydrogens is 499 g/mol. The van der Waals surface area contributed by atoms with Crippen LogP contribution in [-0.4, -0.2) is 49.2 Å². The van der Waals surface area contributed by atoms with E-state index in [0.717, 1.165) is 0 Å². The van der Waals surface area contributed by atoms with Crippen LogP contribution in [0.5, 0.6) is 11.5 Å². The monoisotopic (exact) mass is 520 g/mol. The van der Waals surface area contributed by atoms with Gasteiger partial charge in [-0.1, -0.05) is 30.3 Å². The molecule has 0 radical (unpaired) electrons. The van der Waals surface area contributed by atoms with Crippen LogP contribution in [0.4, 0.5) is 10.1 Å². The number of hydrogen-bond donors (Lipinski definition) is 2. The molecule has 0 saturated carbocycles. The van der Waals surface area contributed by atoms with E-state index in [1.807, 2.05) is 0 Å². The fourth-order valence-electron chi connectivity index (χ4n) is 3.90. The minimum Gasteiger partial charge on any atom is -0.496 e. The predicted octanol–water partition coefficient (Wildman–Crippen LogP) is 5.04. The first-order valence-corrected chi connectivity index (χ1v) is 11.3. The molecule has 1 heterocycles. The van der Waals surface area contributed by atoms with Crippen LogP contribution >= 0.6 is 11.6 Å². The van der Waals surface area contributed by atoms with Crippen molar-refractivity contribution >= 4 is 40.6 Å². The molecule has 0 fully saturated rings. The molecule has 10 heteroatoms. The van der Waals surface area contributed by atoms with Crippen molar-refractivity contribution in [2.45, 2.75) is 0 Å². The van der Waals surface area contributed by atoms with Crippen LogP contribution in [0, 0.1) is 5.82 Å². The number of nitrogens with zero attached hydrogens (tertiary/aromatic N) is 3. The molecule has 0 amide bonds. The Morgan fingerprint density at radius 1 is 1.11 bits per heavy atom. The Morgan fingerprint density at radius 3 is 2.57 bits per heavy atom. The first-order chi connectivity index (χ1) is 17.7. The molecule has 0 saturated heterocycles. The van der Waals surface area contributed by atoms with E-state index in [2.05, 4.69) is 21.6 Å². The molecule has 3 aromatic carbocycles. The lowest BCUT2D eigenvalue weighted by Crippen LogP contribution is -2.16. The number of carbonyl (C=O) groups is 1. The van der Waals surface area contributed by atoms with Crippen LogP contribution < -0.4 is 15.2 Å². The summed E-state index contributed by atoms with van der Waals surface area (Å²) in [7, 11) is 2.81. The Kier molecular flexibility index (Phi) is 7.35. The summed E-state index contributed by atoms with van der Waals surface area (Å²) in [6, 6.07) is 13.9. The van der Waals surface area contributed by atoms with Crippen LogP contribution in [0.3, 0.4) is 0 Å². The van der Waals surface area contributed by atoms with Gasteiger partial charge in [-0.25, -0.2) is 19.2 Å². The van der Waals surface area contributed by atoms with Crippen LogP contribution in [-0.2, 0) is 0 Å². The van der Waals surface area contributed by atoms with Gasteiger partial charge in [0.15, 0.2) is 0 Å². The Bertz CT molecular complexity index is 1510. The molecule has 0 unspecified atom stereocenters. The van der Waals surface area contributed by atoms with Gasteiger partial charge in [-0.05, 0) is 42.0 Å². The van der Waals surface area contributed by atoms with E-state index in [-0.39, 0.29) is 29.4 Å². The van der Waals surface area contributed by atoms with Crippen LogP contribution in [0.15, 0.2) is 81.7 Å². The van der Waals surface area contributed by atoms with Crippen molar-refractivity contribution in [2.24, 2.45) is 20.7 Å². The summed E-state index contributed by atoms with van der Waals surface area (Å²) < 4.78 is 25.5.